The van der Waals surface area contributed by atoms with Crippen LogP contribution in [0.3, 0.4) is 0 Å². The van der Waals surface area contributed by atoms with Gasteiger partial charge in [-0.25, -0.2) is 0 Å². The highest BCUT2D eigenvalue weighted by Gasteiger charge is 2.23. The van der Waals surface area contributed by atoms with E-state index in [1.54, 1.807) is 39.3 Å². The molecule has 3 aromatic rings. The fraction of sp³-hybridized carbons (Fsp3) is 0.400. The molecule has 0 spiro atoms. The number of quaternary nitrogens is 1. The van der Waals surface area contributed by atoms with Crippen LogP contribution in [0.1, 0.15) is 31.1 Å². The van der Waals surface area contributed by atoms with E-state index in [2.05, 4.69) is 6.92 Å². The third kappa shape index (κ3) is 4.00. The zero-order valence-corrected chi connectivity index (χ0v) is 18.5. The molecule has 1 aromatic heterocycles. The first-order valence-electron chi connectivity index (χ1n) is 10.7. The van der Waals surface area contributed by atoms with Crippen LogP contribution in [0.25, 0.3) is 22.1 Å². The molecular formula is C25H29NO5. The topological polar surface area (TPSA) is 76.2 Å². The summed E-state index contributed by atoms with van der Waals surface area (Å²) < 4.78 is 16.8. The maximum Gasteiger partial charge on any atom is 0.200 e. The number of ether oxygens (including phenoxy) is 2. The third-order valence-corrected chi connectivity index (χ3v) is 6.26. The average Bonchev–Trinajstić information content (AvgIpc) is 2.75. The zero-order valence-electron chi connectivity index (χ0n) is 18.5. The van der Waals surface area contributed by atoms with Gasteiger partial charge in [-0.3, -0.25) is 4.79 Å². The summed E-state index contributed by atoms with van der Waals surface area (Å²) in [5, 5.41) is 13.2. The van der Waals surface area contributed by atoms with Crippen molar-refractivity contribution in [1.29, 1.82) is 0 Å². The molecule has 2 unspecified atom stereocenters. The van der Waals surface area contributed by atoms with Crippen LogP contribution in [0.5, 0.6) is 17.2 Å². The van der Waals surface area contributed by atoms with E-state index in [0.29, 0.717) is 57.4 Å². The first kappa shape index (κ1) is 21.2. The predicted molar refractivity (Wildman–Crippen MR) is 118 cm³/mol. The predicted octanol–water partition coefficient (Wildman–Crippen LogP) is 2.67. The molecule has 164 valence electrons. The van der Waals surface area contributed by atoms with Crippen molar-refractivity contribution in [3.05, 3.63) is 51.9 Å². The number of rotatable bonds is 5. The Morgan fingerprint density at radius 1 is 1.16 bits per heavy atom. The Kier molecular flexibility index (Phi) is 5.92. The van der Waals surface area contributed by atoms with E-state index < -0.39 is 0 Å². The molecule has 0 saturated carbocycles. The van der Waals surface area contributed by atoms with Crippen LogP contribution in [0.4, 0.5) is 0 Å². The van der Waals surface area contributed by atoms with Crippen LogP contribution in [-0.2, 0) is 6.54 Å². The van der Waals surface area contributed by atoms with Crippen molar-refractivity contribution >= 4 is 11.0 Å². The molecule has 4 rings (SSSR count). The molecule has 2 heterocycles. The number of hydrogen-bond acceptors (Lipinski definition) is 5. The standard InChI is InChI=1S/C25H29NO5/c1-15-6-5-11-26(13-15)14-19-20(27)9-8-18-24(28)23(16(2)31-25(18)19)17-7-10-21(29-3)22(12-17)30-4/h7-10,12,15,27H,5-6,11,13-14H2,1-4H3. The van der Waals surface area contributed by atoms with Crippen molar-refractivity contribution < 1.29 is 23.9 Å². The molecule has 2 aromatic carbocycles. The third-order valence-electron chi connectivity index (χ3n) is 6.26. The van der Waals surface area contributed by atoms with Gasteiger partial charge in [-0.2, -0.15) is 0 Å². The van der Waals surface area contributed by atoms with Gasteiger partial charge in [0.15, 0.2) is 11.5 Å². The highest BCUT2D eigenvalue weighted by atomic mass is 16.5. The minimum absolute atomic E-state index is 0.0698. The Bertz CT molecular complexity index is 1170. The van der Waals surface area contributed by atoms with Crippen LogP contribution >= 0.6 is 0 Å². The summed E-state index contributed by atoms with van der Waals surface area (Å²) in [6.07, 6.45) is 2.38. The number of nitrogens with one attached hydrogen (secondary N) is 1. The van der Waals surface area contributed by atoms with Crippen molar-refractivity contribution in [3.8, 4) is 28.4 Å². The summed E-state index contributed by atoms with van der Waals surface area (Å²) in [4.78, 5) is 14.8. The van der Waals surface area contributed by atoms with Gasteiger partial charge in [-0.05, 0) is 43.5 Å². The van der Waals surface area contributed by atoms with E-state index in [0.717, 1.165) is 19.5 Å². The summed E-state index contributed by atoms with van der Waals surface area (Å²) in [7, 11) is 3.13. The number of likely N-dealkylation sites (tertiary alicyclic amines) is 1. The molecule has 6 heteroatoms. The molecule has 1 fully saturated rings. The van der Waals surface area contributed by atoms with Crippen LogP contribution in [-0.4, -0.2) is 27.3 Å². The van der Waals surface area contributed by atoms with Crippen molar-refractivity contribution in [3.63, 3.8) is 0 Å². The number of methoxy groups -OCH3 is 2. The normalized spacial score (nSPS) is 18.8. The van der Waals surface area contributed by atoms with E-state index in [9.17, 15) is 9.90 Å². The van der Waals surface area contributed by atoms with Crippen LogP contribution in [0, 0.1) is 12.8 Å². The fourth-order valence-corrected chi connectivity index (χ4v) is 4.71. The summed E-state index contributed by atoms with van der Waals surface area (Å²) in [6.45, 7) is 6.67. The molecule has 1 aliphatic heterocycles. The summed E-state index contributed by atoms with van der Waals surface area (Å²) in [5.74, 6) is 2.18. The van der Waals surface area contributed by atoms with Gasteiger partial charge in [-0.1, -0.05) is 24.8 Å². The second-order valence-electron chi connectivity index (χ2n) is 8.48. The molecule has 1 N–H and O–H groups in total. The number of piperidine rings is 1. The van der Waals surface area contributed by atoms with Gasteiger partial charge in [0.05, 0.1) is 38.3 Å². The minimum Gasteiger partial charge on any atom is -0.872 e. The number of benzene rings is 2. The van der Waals surface area contributed by atoms with Gasteiger partial charge in [-0.15, -0.1) is 0 Å². The Morgan fingerprint density at radius 2 is 1.94 bits per heavy atom. The van der Waals surface area contributed by atoms with E-state index in [1.165, 1.54) is 17.4 Å². The Morgan fingerprint density at radius 3 is 2.65 bits per heavy atom. The molecule has 1 saturated heterocycles. The summed E-state index contributed by atoms with van der Waals surface area (Å²) >= 11 is 0. The lowest BCUT2D eigenvalue weighted by molar-refractivity contribution is -0.922. The molecule has 0 aliphatic carbocycles. The van der Waals surface area contributed by atoms with Gasteiger partial charge >= 0.3 is 0 Å². The van der Waals surface area contributed by atoms with Gasteiger partial charge in [0.1, 0.15) is 17.9 Å². The molecule has 0 amide bonds. The first-order valence-corrected chi connectivity index (χ1v) is 10.7. The Hall–Kier alpha value is -2.99. The van der Waals surface area contributed by atoms with Crippen LogP contribution < -0.4 is 24.9 Å². The number of fused-ring (bicyclic) bond motifs is 1. The summed E-state index contributed by atoms with van der Waals surface area (Å²) in [5.41, 5.74) is 2.03. The molecule has 0 radical (unpaired) electrons. The number of aryl methyl sites for hydroxylation is 1. The van der Waals surface area contributed by atoms with Crippen molar-refractivity contribution in [2.24, 2.45) is 5.92 Å². The molecule has 0 bridgehead atoms. The molecule has 6 nitrogen and oxygen atoms in total. The van der Waals surface area contributed by atoms with Gasteiger partial charge < -0.3 is 23.9 Å². The van der Waals surface area contributed by atoms with E-state index in [1.807, 2.05) is 6.07 Å². The van der Waals surface area contributed by atoms with Crippen molar-refractivity contribution in [2.45, 2.75) is 33.2 Å². The molecule has 2 atom stereocenters. The van der Waals surface area contributed by atoms with Gasteiger partial charge in [0.2, 0.25) is 5.43 Å². The van der Waals surface area contributed by atoms with Crippen LogP contribution in [0.2, 0.25) is 0 Å². The van der Waals surface area contributed by atoms with E-state index in [-0.39, 0.29) is 11.2 Å². The van der Waals surface area contributed by atoms with Crippen molar-refractivity contribution in [2.75, 3.05) is 27.3 Å². The molecular weight excluding hydrogens is 394 g/mol. The highest BCUT2D eigenvalue weighted by Crippen LogP contribution is 2.34. The van der Waals surface area contributed by atoms with Gasteiger partial charge in [0.25, 0.3) is 0 Å². The minimum atomic E-state index is -0.144. The second kappa shape index (κ2) is 8.63. The Labute approximate surface area is 182 Å². The zero-order chi connectivity index (χ0) is 22.1. The molecule has 1 aliphatic rings. The van der Waals surface area contributed by atoms with E-state index >= 15 is 0 Å². The SMILES string of the molecule is COc1ccc(-c2c(C)oc3c(C[NH+]4CCCC(C)C4)c([O-])ccc3c2=O)cc1OC. The highest BCUT2D eigenvalue weighted by molar-refractivity contribution is 5.86. The monoisotopic (exact) mass is 423 g/mol. The van der Waals surface area contributed by atoms with Gasteiger partial charge in [0, 0.05) is 11.5 Å². The largest absolute Gasteiger partial charge is 0.872 e. The maximum atomic E-state index is 13.5. The quantitative estimate of drug-likeness (QED) is 0.683. The maximum absolute atomic E-state index is 13.5. The van der Waals surface area contributed by atoms with E-state index in [4.69, 9.17) is 13.9 Å². The van der Waals surface area contributed by atoms with Crippen LogP contribution in [0.15, 0.2) is 39.5 Å². The lowest BCUT2D eigenvalue weighted by atomic mass is 9.98. The lowest BCUT2D eigenvalue weighted by Crippen LogP contribution is -3.12. The van der Waals surface area contributed by atoms with Crippen molar-refractivity contribution in [1.82, 2.24) is 0 Å². The smallest absolute Gasteiger partial charge is 0.200 e. The number of hydrogen-bond donors (Lipinski definition) is 1. The lowest BCUT2D eigenvalue weighted by Gasteiger charge is -2.29. The second-order valence-corrected chi connectivity index (χ2v) is 8.48. The first-order chi connectivity index (χ1) is 14.9. The Balaban J connectivity index is 1.83. The fourth-order valence-electron chi connectivity index (χ4n) is 4.71. The summed E-state index contributed by atoms with van der Waals surface area (Å²) in [6, 6.07) is 8.44. The molecule has 31 heavy (non-hydrogen) atoms. The average molecular weight is 424 g/mol.